The second kappa shape index (κ2) is 2.41. The van der Waals surface area contributed by atoms with E-state index in [0.29, 0.717) is 0 Å². The molecule has 0 aliphatic rings. The molecule has 11 heavy (non-hydrogen) atoms. The van der Waals surface area contributed by atoms with Gasteiger partial charge in [-0.15, -0.1) is 0 Å². The van der Waals surface area contributed by atoms with E-state index in [1.54, 1.807) is 0 Å². The van der Waals surface area contributed by atoms with Crippen LogP contribution in [0.1, 0.15) is 10.4 Å². The average molecular weight is 157 g/mol. The second-order valence-electron chi connectivity index (χ2n) is 1.71. The van der Waals surface area contributed by atoms with Gasteiger partial charge in [-0.2, -0.15) is 0 Å². The summed E-state index contributed by atoms with van der Waals surface area (Å²) in [6.07, 6.45) is 0.902. The monoisotopic (exact) mass is 157 g/mol. The third-order valence-electron chi connectivity index (χ3n) is 1.07. The Labute approximate surface area is 60.2 Å². The van der Waals surface area contributed by atoms with Crippen LogP contribution in [0.25, 0.3) is 0 Å². The van der Waals surface area contributed by atoms with Crippen LogP contribution in [-0.4, -0.2) is 16.3 Å². The van der Waals surface area contributed by atoms with E-state index in [-0.39, 0.29) is 6.29 Å². The first kappa shape index (κ1) is 7.26. The number of nitro groups is 1. The molecule has 0 unspecified atom stereocenters. The summed E-state index contributed by atoms with van der Waals surface area (Å²) < 4.78 is 4.27. The maximum absolute atomic E-state index is 10.1. The number of carbonyl (C=O) groups excluding carboxylic acids is 1. The van der Waals surface area contributed by atoms with Crippen molar-refractivity contribution in [3.63, 3.8) is 0 Å². The SMILES string of the molecule is O=Cc1c(O)coc1[N+](=O)[O-]. The summed E-state index contributed by atoms with van der Waals surface area (Å²) in [5.74, 6) is -1.26. The quantitative estimate of drug-likeness (QED) is 0.387. The zero-order valence-electron chi connectivity index (χ0n) is 5.18. The van der Waals surface area contributed by atoms with Gasteiger partial charge in [0.05, 0.1) is 0 Å². The van der Waals surface area contributed by atoms with Gasteiger partial charge in [0.2, 0.25) is 0 Å². The molecule has 1 rings (SSSR count). The van der Waals surface area contributed by atoms with Crippen molar-refractivity contribution in [2.45, 2.75) is 0 Å². The molecule has 6 nitrogen and oxygen atoms in total. The molecule has 1 aromatic heterocycles. The van der Waals surface area contributed by atoms with Crippen LogP contribution in [-0.2, 0) is 0 Å². The lowest BCUT2D eigenvalue weighted by Crippen LogP contribution is -1.89. The van der Waals surface area contributed by atoms with E-state index >= 15 is 0 Å². The molecule has 1 N–H and O–H groups in total. The Balaban J connectivity index is 3.26. The number of rotatable bonds is 2. The molecule has 0 saturated heterocycles. The van der Waals surface area contributed by atoms with E-state index in [4.69, 9.17) is 5.11 Å². The predicted molar refractivity (Wildman–Crippen MR) is 32.4 cm³/mol. The molecule has 6 heteroatoms. The number of aldehydes is 1. The fourth-order valence-electron chi connectivity index (χ4n) is 0.600. The fraction of sp³-hybridized carbons (Fsp3) is 0. The summed E-state index contributed by atoms with van der Waals surface area (Å²) in [5.41, 5.74) is -0.435. The van der Waals surface area contributed by atoms with Crippen molar-refractivity contribution in [3.05, 3.63) is 21.9 Å². The fourth-order valence-corrected chi connectivity index (χ4v) is 0.600. The van der Waals surface area contributed by atoms with E-state index < -0.39 is 22.1 Å². The molecular formula is C5H3NO5. The molecule has 0 amide bonds. The summed E-state index contributed by atoms with van der Waals surface area (Å²) in [6, 6.07) is 0. The molecule has 0 radical (unpaired) electrons. The van der Waals surface area contributed by atoms with Gasteiger partial charge in [0.25, 0.3) is 0 Å². The van der Waals surface area contributed by atoms with Crippen LogP contribution in [0.3, 0.4) is 0 Å². The first-order valence-electron chi connectivity index (χ1n) is 2.57. The lowest BCUT2D eigenvalue weighted by Gasteiger charge is -1.82. The topological polar surface area (TPSA) is 93.6 Å². The van der Waals surface area contributed by atoms with E-state index in [1.165, 1.54) is 0 Å². The normalized spacial score (nSPS) is 9.45. The number of hydrogen-bond donors (Lipinski definition) is 1. The van der Waals surface area contributed by atoms with Gasteiger partial charge in [-0.25, -0.2) is 0 Å². The maximum atomic E-state index is 10.1. The van der Waals surface area contributed by atoms with E-state index in [1.807, 2.05) is 0 Å². The van der Waals surface area contributed by atoms with Gasteiger partial charge in [-0.1, -0.05) is 0 Å². The molecule has 1 heterocycles. The first-order valence-corrected chi connectivity index (χ1v) is 2.57. The Morgan fingerprint density at radius 3 is 2.73 bits per heavy atom. The van der Waals surface area contributed by atoms with Crippen LogP contribution in [0.4, 0.5) is 5.88 Å². The number of hydrogen-bond acceptors (Lipinski definition) is 5. The largest absolute Gasteiger partial charge is 0.504 e. The number of furan rings is 1. The molecule has 0 spiro atoms. The van der Waals surface area contributed by atoms with Crippen LogP contribution in [0.15, 0.2) is 10.7 Å². The number of carbonyl (C=O) groups is 1. The standard InChI is InChI=1S/C5H3NO5/c7-1-3-4(8)2-11-5(3)6(9)10/h1-2,8H. The molecular weight excluding hydrogens is 154 g/mol. The number of nitrogens with zero attached hydrogens (tertiary/aromatic N) is 1. The first-order chi connectivity index (χ1) is 5.16. The summed E-state index contributed by atoms with van der Waals surface area (Å²) in [6.45, 7) is 0. The molecule has 58 valence electrons. The Morgan fingerprint density at radius 1 is 1.73 bits per heavy atom. The van der Waals surface area contributed by atoms with E-state index in [0.717, 1.165) is 6.26 Å². The minimum absolute atomic E-state index is 0.164. The Morgan fingerprint density at radius 2 is 2.36 bits per heavy atom. The molecule has 0 aliphatic heterocycles. The van der Waals surface area contributed by atoms with Crippen molar-refractivity contribution < 1.29 is 19.2 Å². The van der Waals surface area contributed by atoms with E-state index in [2.05, 4.69) is 4.42 Å². The average Bonchev–Trinajstić information content (AvgIpc) is 2.30. The molecule has 0 bridgehead atoms. The molecule has 0 aromatic carbocycles. The molecule has 0 fully saturated rings. The van der Waals surface area contributed by atoms with Crippen molar-refractivity contribution in [1.82, 2.24) is 0 Å². The maximum Gasteiger partial charge on any atom is 0.447 e. The zero-order valence-corrected chi connectivity index (χ0v) is 5.18. The van der Waals surface area contributed by atoms with Gasteiger partial charge in [0.1, 0.15) is 11.2 Å². The van der Waals surface area contributed by atoms with Crippen molar-refractivity contribution in [2.75, 3.05) is 0 Å². The molecule has 1 aromatic rings. The summed E-state index contributed by atoms with van der Waals surface area (Å²) in [5, 5.41) is 18.8. The van der Waals surface area contributed by atoms with Crippen LogP contribution >= 0.6 is 0 Å². The van der Waals surface area contributed by atoms with Crippen LogP contribution in [0, 0.1) is 10.1 Å². The highest BCUT2D eigenvalue weighted by molar-refractivity contribution is 5.83. The second-order valence-corrected chi connectivity index (χ2v) is 1.71. The lowest BCUT2D eigenvalue weighted by atomic mass is 10.3. The smallest absolute Gasteiger partial charge is 0.447 e. The van der Waals surface area contributed by atoms with Gasteiger partial charge in [0, 0.05) is 0 Å². The van der Waals surface area contributed by atoms with Gasteiger partial charge in [-0.05, 0) is 0 Å². The van der Waals surface area contributed by atoms with Gasteiger partial charge in [0.15, 0.2) is 17.6 Å². The van der Waals surface area contributed by atoms with Gasteiger partial charge in [-0.3, -0.25) is 14.9 Å². The van der Waals surface area contributed by atoms with Crippen molar-refractivity contribution in [2.24, 2.45) is 0 Å². The molecule has 0 aliphatic carbocycles. The van der Waals surface area contributed by atoms with Crippen molar-refractivity contribution in [3.8, 4) is 5.75 Å². The highest BCUT2D eigenvalue weighted by Gasteiger charge is 2.22. The lowest BCUT2D eigenvalue weighted by molar-refractivity contribution is -0.402. The van der Waals surface area contributed by atoms with Crippen molar-refractivity contribution in [1.29, 1.82) is 0 Å². The Kier molecular flexibility index (Phi) is 1.59. The highest BCUT2D eigenvalue weighted by atomic mass is 16.6. The van der Waals surface area contributed by atoms with Gasteiger partial charge < -0.3 is 9.52 Å². The number of aromatic hydroxyl groups is 1. The Hall–Kier alpha value is -1.85. The summed E-state index contributed by atoms with van der Waals surface area (Å²) in [7, 11) is 0. The van der Waals surface area contributed by atoms with Crippen LogP contribution < -0.4 is 0 Å². The minimum Gasteiger partial charge on any atom is -0.504 e. The molecule has 0 atom stereocenters. The zero-order chi connectivity index (χ0) is 8.43. The van der Waals surface area contributed by atoms with Gasteiger partial charge >= 0.3 is 5.88 Å². The summed E-state index contributed by atoms with van der Waals surface area (Å²) in [4.78, 5) is 19.2. The van der Waals surface area contributed by atoms with Crippen molar-refractivity contribution >= 4 is 12.2 Å². The minimum atomic E-state index is -0.885. The third kappa shape index (κ3) is 1.05. The molecule has 0 saturated carbocycles. The third-order valence-corrected chi connectivity index (χ3v) is 1.07. The van der Waals surface area contributed by atoms with Crippen LogP contribution in [0.2, 0.25) is 0 Å². The highest BCUT2D eigenvalue weighted by Crippen LogP contribution is 2.27. The summed E-state index contributed by atoms with van der Waals surface area (Å²) >= 11 is 0. The predicted octanol–water partition coefficient (Wildman–Crippen LogP) is 0.706. The Bertz CT molecular complexity index is 302. The van der Waals surface area contributed by atoms with Crippen LogP contribution in [0.5, 0.6) is 5.75 Å². The van der Waals surface area contributed by atoms with E-state index in [9.17, 15) is 14.9 Å².